The fourth-order valence-corrected chi connectivity index (χ4v) is 2.44. The highest BCUT2D eigenvalue weighted by molar-refractivity contribution is 6.31. The number of hydrogen-bond acceptors (Lipinski definition) is 2. The topological polar surface area (TPSA) is 38.0 Å². The molecule has 1 N–H and O–H groups in total. The first-order chi connectivity index (χ1) is 9.93. The third-order valence-corrected chi connectivity index (χ3v) is 3.90. The molecule has 1 aromatic heterocycles. The van der Waals surface area contributed by atoms with Crippen LogP contribution in [0.2, 0.25) is 5.02 Å². The van der Waals surface area contributed by atoms with Crippen molar-refractivity contribution in [3.63, 3.8) is 0 Å². The SMILES string of the molecule is CCn1nc(C)c(Cl)c1CC(O)c1ccc(C(F)F)cc1. The van der Waals surface area contributed by atoms with E-state index in [0.29, 0.717) is 29.2 Å². The molecule has 114 valence electrons. The second-order valence-corrected chi connectivity index (χ2v) is 5.23. The average molecular weight is 315 g/mol. The van der Waals surface area contributed by atoms with Gasteiger partial charge in [-0.2, -0.15) is 5.10 Å². The highest BCUT2D eigenvalue weighted by Gasteiger charge is 2.18. The minimum Gasteiger partial charge on any atom is -0.388 e. The Balaban J connectivity index is 2.19. The Kier molecular flexibility index (Phi) is 4.96. The molecular weight excluding hydrogens is 298 g/mol. The number of aryl methyl sites for hydroxylation is 2. The standard InChI is InChI=1S/C15H17ClF2N2O/c1-3-20-12(14(16)9(2)19-20)8-13(21)10-4-6-11(7-5-10)15(17)18/h4-7,13,15,21H,3,8H2,1-2H3. The van der Waals surface area contributed by atoms with Gasteiger partial charge in [0.05, 0.1) is 22.5 Å². The molecule has 1 aromatic carbocycles. The Morgan fingerprint density at radius 3 is 2.33 bits per heavy atom. The number of alkyl halides is 2. The zero-order valence-electron chi connectivity index (χ0n) is 11.9. The Morgan fingerprint density at radius 1 is 1.24 bits per heavy atom. The number of rotatable bonds is 5. The molecule has 0 fully saturated rings. The van der Waals surface area contributed by atoms with E-state index in [9.17, 15) is 13.9 Å². The number of benzene rings is 1. The van der Waals surface area contributed by atoms with E-state index < -0.39 is 12.5 Å². The highest BCUT2D eigenvalue weighted by Crippen LogP contribution is 2.27. The molecule has 2 rings (SSSR count). The highest BCUT2D eigenvalue weighted by atomic mass is 35.5. The van der Waals surface area contributed by atoms with Crippen molar-refractivity contribution in [1.29, 1.82) is 0 Å². The molecule has 21 heavy (non-hydrogen) atoms. The van der Waals surface area contributed by atoms with Gasteiger partial charge in [0.25, 0.3) is 6.43 Å². The monoisotopic (exact) mass is 314 g/mol. The molecule has 1 unspecified atom stereocenters. The summed E-state index contributed by atoms with van der Waals surface area (Å²) in [6.45, 7) is 4.40. The summed E-state index contributed by atoms with van der Waals surface area (Å²) in [6.07, 6.45) is -3.02. The molecule has 1 heterocycles. The van der Waals surface area contributed by atoms with Crippen LogP contribution >= 0.6 is 11.6 Å². The first-order valence-electron chi connectivity index (χ1n) is 6.71. The van der Waals surface area contributed by atoms with E-state index >= 15 is 0 Å². The lowest BCUT2D eigenvalue weighted by Crippen LogP contribution is -2.09. The Hall–Kier alpha value is -1.46. The lowest BCUT2D eigenvalue weighted by molar-refractivity contribution is 0.150. The van der Waals surface area contributed by atoms with Crippen molar-refractivity contribution >= 4 is 11.6 Å². The zero-order chi connectivity index (χ0) is 15.6. The van der Waals surface area contributed by atoms with E-state index in [1.54, 1.807) is 4.68 Å². The van der Waals surface area contributed by atoms with Crippen LogP contribution in [0.4, 0.5) is 8.78 Å². The number of aromatic nitrogens is 2. The van der Waals surface area contributed by atoms with Crippen molar-refractivity contribution in [2.24, 2.45) is 0 Å². The summed E-state index contributed by atoms with van der Waals surface area (Å²) >= 11 is 6.20. The molecule has 0 aliphatic carbocycles. The van der Waals surface area contributed by atoms with Crippen molar-refractivity contribution in [2.45, 2.75) is 39.3 Å². The molecule has 0 saturated carbocycles. The molecule has 0 radical (unpaired) electrons. The van der Waals surface area contributed by atoms with E-state index in [1.807, 2.05) is 13.8 Å². The van der Waals surface area contributed by atoms with Crippen molar-refractivity contribution in [3.05, 3.63) is 51.8 Å². The predicted molar refractivity (Wildman–Crippen MR) is 77.7 cm³/mol. The quantitative estimate of drug-likeness (QED) is 0.903. The molecule has 0 bridgehead atoms. The van der Waals surface area contributed by atoms with Gasteiger partial charge in [0.1, 0.15) is 0 Å². The lowest BCUT2D eigenvalue weighted by atomic mass is 10.0. The van der Waals surface area contributed by atoms with Gasteiger partial charge in [-0.25, -0.2) is 8.78 Å². The van der Waals surface area contributed by atoms with Crippen molar-refractivity contribution in [3.8, 4) is 0 Å². The molecule has 0 spiro atoms. The number of aliphatic hydroxyl groups excluding tert-OH is 1. The smallest absolute Gasteiger partial charge is 0.263 e. The second kappa shape index (κ2) is 6.54. The van der Waals surface area contributed by atoms with Gasteiger partial charge in [-0.15, -0.1) is 0 Å². The molecule has 0 saturated heterocycles. The van der Waals surface area contributed by atoms with E-state index in [-0.39, 0.29) is 5.56 Å². The third-order valence-electron chi connectivity index (χ3n) is 3.41. The van der Waals surface area contributed by atoms with Crippen LogP contribution in [0, 0.1) is 6.92 Å². The molecule has 2 aromatic rings. The zero-order valence-corrected chi connectivity index (χ0v) is 12.6. The summed E-state index contributed by atoms with van der Waals surface area (Å²) in [5.41, 5.74) is 1.99. The predicted octanol–water partition coefficient (Wildman–Crippen LogP) is 4.08. The normalized spacial score (nSPS) is 12.9. The maximum Gasteiger partial charge on any atom is 0.263 e. The molecule has 3 nitrogen and oxygen atoms in total. The van der Waals surface area contributed by atoms with Crippen molar-refractivity contribution in [1.82, 2.24) is 9.78 Å². The molecule has 0 amide bonds. The fourth-order valence-electron chi connectivity index (χ4n) is 2.23. The van der Waals surface area contributed by atoms with Crippen LogP contribution in [0.15, 0.2) is 24.3 Å². The van der Waals surface area contributed by atoms with Crippen LogP contribution in [0.1, 0.15) is 42.0 Å². The van der Waals surface area contributed by atoms with Gasteiger partial charge in [0.15, 0.2) is 0 Å². The van der Waals surface area contributed by atoms with E-state index in [1.165, 1.54) is 24.3 Å². The number of hydrogen-bond donors (Lipinski definition) is 1. The van der Waals surface area contributed by atoms with Crippen molar-refractivity contribution < 1.29 is 13.9 Å². The molecule has 0 aliphatic heterocycles. The van der Waals surface area contributed by atoms with Gasteiger partial charge in [-0.3, -0.25) is 4.68 Å². The Bertz CT molecular complexity index is 611. The fraction of sp³-hybridized carbons (Fsp3) is 0.400. The van der Waals surface area contributed by atoms with Crippen LogP contribution in [0.3, 0.4) is 0 Å². The van der Waals surface area contributed by atoms with Gasteiger partial charge in [0, 0.05) is 18.5 Å². The Labute approximate surface area is 127 Å². The summed E-state index contributed by atoms with van der Waals surface area (Å²) in [6, 6.07) is 5.68. The largest absolute Gasteiger partial charge is 0.388 e. The molecular formula is C15H17ClF2N2O. The van der Waals surface area contributed by atoms with Crippen LogP contribution in [0.5, 0.6) is 0 Å². The van der Waals surface area contributed by atoms with Gasteiger partial charge in [-0.1, -0.05) is 35.9 Å². The van der Waals surface area contributed by atoms with Gasteiger partial charge in [0.2, 0.25) is 0 Å². The van der Waals surface area contributed by atoms with Crippen LogP contribution in [0.25, 0.3) is 0 Å². The van der Waals surface area contributed by atoms with Gasteiger partial charge in [-0.05, 0) is 19.4 Å². The summed E-state index contributed by atoms with van der Waals surface area (Å²) < 4.78 is 26.8. The Morgan fingerprint density at radius 2 is 1.81 bits per heavy atom. The minimum atomic E-state index is -2.50. The van der Waals surface area contributed by atoms with Crippen LogP contribution in [-0.2, 0) is 13.0 Å². The number of halogens is 3. The maximum atomic E-state index is 12.5. The lowest BCUT2D eigenvalue weighted by Gasteiger charge is -2.13. The third kappa shape index (κ3) is 3.41. The van der Waals surface area contributed by atoms with E-state index in [0.717, 1.165) is 5.69 Å². The summed E-state index contributed by atoms with van der Waals surface area (Å²) in [4.78, 5) is 0. The van der Waals surface area contributed by atoms with Crippen molar-refractivity contribution in [2.75, 3.05) is 0 Å². The van der Waals surface area contributed by atoms with Crippen LogP contribution < -0.4 is 0 Å². The van der Waals surface area contributed by atoms with Crippen LogP contribution in [-0.4, -0.2) is 14.9 Å². The summed E-state index contributed by atoms with van der Waals surface area (Å²) in [5, 5.41) is 15.1. The van der Waals surface area contributed by atoms with Gasteiger partial charge < -0.3 is 5.11 Å². The maximum absolute atomic E-state index is 12.5. The van der Waals surface area contributed by atoms with Gasteiger partial charge >= 0.3 is 0 Å². The molecule has 1 atom stereocenters. The number of nitrogens with zero attached hydrogens (tertiary/aromatic N) is 2. The second-order valence-electron chi connectivity index (χ2n) is 4.85. The average Bonchev–Trinajstić information content (AvgIpc) is 2.75. The first-order valence-corrected chi connectivity index (χ1v) is 7.09. The minimum absolute atomic E-state index is 0.0570. The summed E-state index contributed by atoms with van der Waals surface area (Å²) in [5.74, 6) is 0. The molecule has 6 heteroatoms. The first kappa shape index (κ1) is 15.9. The van der Waals surface area contributed by atoms with E-state index in [2.05, 4.69) is 5.10 Å². The number of aliphatic hydroxyl groups is 1. The molecule has 0 aliphatic rings. The van der Waals surface area contributed by atoms with E-state index in [4.69, 9.17) is 11.6 Å². The summed E-state index contributed by atoms with van der Waals surface area (Å²) in [7, 11) is 0.